The molecule has 16 heavy (non-hydrogen) atoms. The van der Waals surface area contributed by atoms with Crippen LogP contribution >= 0.6 is 0 Å². The van der Waals surface area contributed by atoms with E-state index in [1.54, 1.807) is 11.9 Å². The van der Waals surface area contributed by atoms with Gasteiger partial charge in [0.15, 0.2) is 23.1 Å². The summed E-state index contributed by atoms with van der Waals surface area (Å²) in [5, 5.41) is 0. The summed E-state index contributed by atoms with van der Waals surface area (Å²) < 4.78 is 37.0. The number of anilines is 1. The smallest absolute Gasteiger partial charge is 0.187 e. The molecule has 0 saturated carbocycles. The molecule has 1 rings (SSSR count). The first kappa shape index (κ1) is 12.5. The van der Waals surface area contributed by atoms with Crippen LogP contribution in [0.5, 0.6) is 11.5 Å². The minimum atomic E-state index is -0.951. The SMILES string of the molecule is CCN(C)c1c(F)c(F)cc(OC)c1OC. The molecule has 0 aliphatic carbocycles. The topological polar surface area (TPSA) is 21.7 Å². The summed E-state index contributed by atoms with van der Waals surface area (Å²) in [6, 6.07) is 0.973. The average Bonchev–Trinajstić information content (AvgIpc) is 2.30. The normalized spacial score (nSPS) is 10.1. The van der Waals surface area contributed by atoms with Crippen molar-refractivity contribution in [2.45, 2.75) is 6.92 Å². The monoisotopic (exact) mass is 231 g/mol. The van der Waals surface area contributed by atoms with Crippen molar-refractivity contribution in [3.05, 3.63) is 17.7 Å². The van der Waals surface area contributed by atoms with E-state index in [1.165, 1.54) is 14.2 Å². The van der Waals surface area contributed by atoms with Gasteiger partial charge in [-0.25, -0.2) is 8.78 Å². The number of hydrogen-bond donors (Lipinski definition) is 0. The van der Waals surface area contributed by atoms with Crippen molar-refractivity contribution in [2.24, 2.45) is 0 Å². The molecule has 0 aliphatic rings. The van der Waals surface area contributed by atoms with Gasteiger partial charge in [0.1, 0.15) is 5.69 Å². The van der Waals surface area contributed by atoms with Gasteiger partial charge < -0.3 is 14.4 Å². The summed E-state index contributed by atoms with van der Waals surface area (Å²) in [6.45, 7) is 2.36. The lowest BCUT2D eigenvalue weighted by Crippen LogP contribution is -2.19. The molecule has 0 heterocycles. The second kappa shape index (κ2) is 5.01. The van der Waals surface area contributed by atoms with Crippen molar-refractivity contribution in [3.63, 3.8) is 0 Å². The third-order valence-corrected chi connectivity index (χ3v) is 2.39. The summed E-state index contributed by atoms with van der Waals surface area (Å²) in [5.74, 6) is -1.50. The maximum Gasteiger partial charge on any atom is 0.187 e. The molecule has 1 aromatic carbocycles. The number of methoxy groups -OCH3 is 2. The van der Waals surface area contributed by atoms with Gasteiger partial charge in [0, 0.05) is 19.7 Å². The molecule has 0 atom stereocenters. The molecule has 0 N–H and O–H groups in total. The third kappa shape index (κ3) is 2.03. The fraction of sp³-hybridized carbons (Fsp3) is 0.455. The van der Waals surface area contributed by atoms with E-state index < -0.39 is 11.6 Å². The van der Waals surface area contributed by atoms with Crippen molar-refractivity contribution < 1.29 is 18.3 Å². The molecule has 0 amide bonds. The van der Waals surface area contributed by atoms with Gasteiger partial charge in [-0.15, -0.1) is 0 Å². The molecule has 1 aromatic rings. The summed E-state index contributed by atoms with van der Waals surface area (Å²) in [4.78, 5) is 1.56. The summed E-state index contributed by atoms with van der Waals surface area (Å²) in [7, 11) is 4.42. The summed E-state index contributed by atoms with van der Waals surface area (Å²) in [6.07, 6.45) is 0. The predicted octanol–water partition coefficient (Wildman–Crippen LogP) is 2.44. The van der Waals surface area contributed by atoms with Crippen LogP contribution in [0.25, 0.3) is 0 Å². The minimum Gasteiger partial charge on any atom is -0.493 e. The summed E-state index contributed by atoms with van der Waals surface area (Å²) in [5.41, 5.74) is 0.0712. The highest BCUT2D eigenvalue weighted by Crippen LogP contribution is 2.40. The Morgan fingerprint density at radius 2 is 1.88 bits per heavy atom. The van der Waals surface area contributed by atoms with Crippen molar-refractivity contribution in [1.82, 2.24) is 0 Å². The molecule has 90 valence electrons. The van der Waals surface area contributed by atoms with E-state index in [4.69, 9.17) is 9.47 Å². The zero-order valence-corrected chi connectivity index (χ0v) is 9.80. The maximum atomic E-state index is 13.7. The van der Waals surface area contributed by atoms with E-state index in [0.717, 1.165) is 6.07 Å². The summed E-state index contributed by atoms with van der Waals surface area (Å²) >= 11 is 0. The van der Waals surface area contributed by atoms with Gasteiger partial charge in [0.2, 0.25) is 0 Å². The first-order valence-corrected chi connectivity index (χ1v) is 4.87. The van der Waals surface area contributed by atoms with Crippen LogP contribution in [0.2, 0.25) is 0 Å². The van der Waals surface area contributed by atoms with Crippen molar-refractivity contribution in [3.8, 4) is 11.5 Å². The second-order valence-electron chi connectivity index (χ2n) is 3.27. The molecule has 3 nitrogen and oxygen atoms in total. The van der Waals surface area contributed by atoms with E-state index in [-0.39, 0.29) is 17.2 Å². The van der Waals surface area contributed by atoms with Crippen LogP contribution in [-0.2, 0) is 0 Å². The predicted molar refractivity (Wildman–Crippen MR) is 58.4 cm³/mol. The first-order valence-electron chi connectivity index (χ1n) is 4.87. The molecule has 0 unspecified atom stereocenters. The number of ether oxygens (including phenoxy) is 2. The van der Waals surface area contributed by atoms with Crippen molar-refractivity contribution in [1.29, 1.82) is 0 Å². The lowest BCUT2D eigenvalue weighted by molar-refractivity contribution is 0.347. The Bertz CT molecular complexity index is 383. The molecule has 0 radical (unpaired) electrons. The highest BCUT2D eigenvalue weighted by molar-refractivity contribution is 5.65. The first-order chi connectivity index (χ1) is 7.56. The second-order valence-corrected chi connectivity index (χ2v) is 3.27. The lowest BCUT2D eigenvalue weighted by atomic mass is 10.2. The van der Waals surface area contributed by atoms with Gasteiger partial charge in [-0.05, 0) is 6.92 Å². The Balaban J connectivity index is 3.46. The quantitative estimate of drug-likeness (QED) is 0.794. The third-order valence-electron chi connectivity index (χ3n) is 2.39. The van der Waals surface area contributed by atoms with Crippen molar-refractivity contribution >= 4 is 5.69 Å². The van der Waals surface area contributed by atoms with Crippen LogP contribution in [0.3, 0.4) is 0 Å². The van der Waals surface area contributed by atoms with Crippen LogP contribution in [0, 0.1) is 11.6 Å². The fourth-order valence-corrected chi connectivity index (χ4v) is 1.42. The molecule has 0 aromatic heterocycles. The number of nitrogens with zero attached hydrogens (tertiary/aromatic N) is 1. The van der Waals surface area contributed by atoms with E-state index >= 15 is 0 Å². The Morgan fingerprint density at radius 3 is 2.31 bits per heavy atom. The standard InChI is InChI=1S/C11H15F2NO2/c1-5-14(2)10-9(13)7(12)6-8(15-3)11(10)16-4/h6H,5H2,1-4H3. The lowest BCUT2D eigenvalue weighted by Gasteiger charge is -2.22. The van der Waals surface area contributed by atoms with Gasteiger partial charge in [0.25, 0.3) is 0 Å². The highest BCUT2D eigenvalue weighted by Gasteiger charge is 2.22. The Labute approximate surface area is 93.6 Å². The number of rotatable bonds is 4. The van der Waals surface area contributed by atoms with E-state index in [0.29, 0.717) is 6.54 Å². The molecule has 0 spiro atoms. The zero-order chi connectivity index (χ0) is 12.3. The zero-order valence-electron chi connectivity index (χ0n) is 9.80. The molecule has 5 heteroatoms. The molecule has 0 fully saturated rings. The largest absolute Gasteiger partial charge is 0.493 e. The van der Waals surface area contributed by atoms with E-state index in [2.05, 4.69) is 0 Å². The van der Waals surface area contributed by atoms with Gasteiger partial charge in [-0.1, -0.05) is 0 Å². The van der Waals surface area contributed by atoms with Crippen LogP contribution < -0.4 is 14.4 Å². The Kier molecular flexibility index (Phi) is 3.93. The Hall–Kier alpha value is -1.52. The molecule has 0 saturated heterocycles. The highest BCUT2D eigenvalue weighted by atomic mass is 19.2. The van der Waals surface area contributed by atoms with Gasteiger partial charge in [-0.3, -0.25) is 0 Å². The van der Waals surface area contributed by atoms with E-state index in [1.807, 2.05) is 6.92 Å². The van der Waals surface area contributed by atoms with Crippen LogP contribution in [0.1, 0.15) is 6.92 Å². The fourth-order valence-electron chi connectivity index (χ4n) is 1.42. The molecule has 0 bridgehead atoms. The van der Waals surface area contributed by atoms with Crippen LogP contribution in [0.15, 0.2) is 6.07 Å². The van der Waals surface area contributed by atoms with Gasteiger partial charge in [-0.2, -0.15) is 0 Å². The maximum absolute atomic E-state index is 13.7. The molecular formula is C11H15F2NO2. The number of halogens is 2. The minimum absolute atomic E-state index is 0.0712. The number of benzene rings is 1. The van der Waals surface area contributed by atoms with Crippen molar-refractivity contribution in [2.75, 3.05) is 32.7 Å². The van der Waals surface area contributed by atoms with Gasteiger partial charge in [0.05, 0.1) is 14.2 Å². The average molecular weight is 231 g/mol. The van der Waals surface area contributed by atoms with Crippen LogP contribution in [-0.4, -0.2) is 27.8 Å². The molecular weight excluding hydrogens is 216 g/mol. The number of hydrogen-bond acceptors (Lipinski definition) is 3. The molecule has 0 aliphatic heterocycles. The van der Waals surface area contributed by atoms with E-state index in [9.17, 15) is 8.78 Å². The Morgan fingerprint density at radius 1 is 1.25 bits per heavy atom. The van der Waals surface area contributed by atoms with Crippen LogP contribution in [0.4, 0.5) is 14.5 Å². The van der Waals surface area contributed by atoms with Gasteiger partial charge >= 0.3 is 0 Å².